The molecule has 1 aliphatic heterocycles. The quantitative estimate of drug-likeness (QED) is 0.301. The van der Waals surface area contributed by atoms with Crippen LogP contribution in [0.1, 0.15) is 37.3 Å². The predicted octanol–water partition coefficient (Wildman–Crippen LogP) is 3.08. The van der Waals surface area contributed by atoms with E-state index in [1.807, 2.05) is 19.1 Å². The van der Waals surface area contributed by atoms with E-state index >= 15 is 0 Å². The molecule has 1 atom stereocenters. The summed E-state index contributed by atoms with van der Waals surface area (Å²) in [6, 6.07) is 4.33. The summed E-state index contributed by atoms with van der Waals surface area (Å²) in [5.74, 6) is 2.80. The van der Waals surface area contributed by atoms with Gasteiger partial charge in [0.05, 0.1) is 12.6 Å². The lowest BCUT2D eigenvalue weighted by Gasteiger charge is -2.24. The summed E-state index contributed by atoms with van der Waals surface area (Å²) in [7, 11) is 0. The molecular formula is C17H29IN4O. The molecule has 2 heterocycles. The maximum Gasteiger partial charge on any atom is 0.191 e. The van der Waals surface area contributed by atoms with Crippen molar-refractivity contribution in [2.24, 2.45) is 4.99 Å². The largest absolute Gasteiger partial charge is 0.465 e. The Morgan fingerprint density at radius 1 is 1.39 bits per heavy atom. The molecule has 1 aliphatic rings. The summed E-state index contributed by atoms with van der Waals surface area (Å²) in [4.78, 5) is 7.20. The van der Waals surface area contributed by atoms with Gasteiger partial charge in [-0.3, -0.25) is 9.89 Å². The van der Waals surface area contributed by atoms with Crippen molar-refractivity contribution in [2.75, 3.05) is 32.7 Å². The van der Waals surface area contributed by atoms with E-state index in [1.54, 1.807) is 0 Å². The molecule has 2 rings (SSSR count). The molecule has 5 nitrogen and oxygen atoms in total. The Hall–Kier alpha value is -1.02. The number of nitrogens with one attached hydrogen (secondary N) is 2. The Kier molecular flexibility index (Phi) is 9.31. The van der Waals surface area contributed by atoms with E-state index in [1.165, 1.54) is 12.8 Å². The second-order valence-corrected chi connectivity index (χ2v) is 5.60. The summed E-state index contributed by atoms with van der Waals surface area (Å²) < 4.78 is 5.86. The van der Waals surface area contributed by atoms with Crippen LogP contribution in [0.15, 0.2) is 34.2 Å². The number of nitrogens with zero attached hydrogens (tertiary/aromatic N) is 2. The molecule has 0 saturated carbocycles. The molecule has 2 N–H and O–H groups in total. The molecule has 1 unspecified atom stereocenters. The van der Waals surface area contributed by atoms with Gasteiger partial charge in [0.2, 0.25) is 0 Å². The first-order valence-electron chi connectivity index (χ1n) is 8.18. The van der Waals surface area contributed by atoms with E-state index in [4.69, 9.17) is 9.41 Å². The number of rotatable bonds is 7. The van der Waals surface area contributed by atoms with Crippen LogP contribution in [0.4, 0.5) is 0 Å². The van der Waals surface area contributed by atoms with Crippen molar-refractivity contribution < 1.29 is 4.42 Å². The van der Waals surface area contributed by atoms with Crippen molar-refractivity contribution in [3.8, 4) is 0 Å². The zero-order chi connectivity index (χ0) is 15.8. The molecule has 130 valence electrons. The minimum absolute atomic E-state index is 0. The second kappa shape index (κ2) is 10.7. The number of hydrogen-bond acceptors (Lipinski definition) is 3. The summed E-state index contributed by atoms with van der Waals surface area (Å²) in [5.41, 5.74) is 0. The molecule has 0 radical (unpaired) electrons. The van der Waals surface area contributed by atoms with Gasteiger partial charge >= 0.3 is 0 Å². The lowest BCUT2D eigenvalue weighted by Crippen LogP contribution is -2.38. The number of aliphatic imine (C=N–C) groups is 1. The van der Waals surface area contributed by atoms with E-state index < -0.39 is 0 Å². The maximum atomic E-state index is 5.86. The number of aryl methyl sites for hydroxylation is 1. The van der Waals surface area contributed by atoms with Gasteiger partial charge in [-0.15, -0.1) is 30.6 Å². The summed E-state index contributed by atoms with van der Waals surface area (Å²) in [6.07, 6.45) is 4.35. The smallest absolute Gasteiger partial charge is 0.191 e. The van der Waals surface area contributed by atoms with Crippen molar-refractivity contribution in [2.45, 2.75) is 32.7 Å². The average molecular weight is 432 g/mol. The highest BCUT2D eigenvalue weighted by molar-refractivity contribution is 14.0. The molecule has 0 bridgehead atoms. The third-order valence-corrected chi connectivity index (χ3v) is 3.85. The van der Waals surface area contributed by atoms with Crippen LogP contribution >= 0.6 is 24.0 Å². The van der Waals surface area contributed by atoms with Crippen LogP contribution in [0.25, 0.3) is 0 Å². The fourth-order valence-electron chi connectivity index (χ4n) is 2.76. The summed E-state index contributed by atoms with van der Waals surface area (Å²) in [5, 5.41) is 6.51. The molecule has 6 heteroatoms. The van der Waals surface area contributed by atoms with Gasteiger partial charge in [-0.2, -0.15) is 0 Å². The second-order valence-electron chi connectivity index (χ2n) is 5.60. The van der Waals surface area contributed by atoms with E-state index in [2.05, 4.69) is 35.1 Å². The van der Waals surface area contributed by atoms with Gasteiger partial charge in [-0.25, -0.2) is 0 Å². The molecule has 1 saturated heterocycles. The minimum Gasteiger partial charge on any atom is -0.465 e. The first kappa shape index (κ1) is 20.0. The lowest BCUT2D eigenvalue weighted by atomic mass is 10.2. The van der Waals surface area contributed by atoms with Crippen molar-refractivity contribution in [1.29, 1.82) is 0 Å². The molecular weight excluding hydrogens is 403 g/mol. The van der Waals surface area contributed by atoms with Crippen LogP contribution in [-0.4, -0.2) is 43.6 Å². The van der Waals surface area contributed by atoms with E-state index in [0.717, 1.165) is 37.1 Å². The van der Waals surface area contributed by atoms with Crippen LogP contribution in [0.5, 0.6) is 0 Å². The van der Waals surface area contributed by atoms with Crippen LogP contribution in [-0.2, 0) is 0 Å². The number of hydrogen-bond donors (Lipinski definition) is 2. The molecule has 1 fully saturated rings. The Morgan fingerprint density at radius 2 is 2.13 bits per heavy atom. The normalized spacial score (nSPS) is 16.7. The lowest BCUT2D eigenvalue weighted by molar-refractivity contribution is 0.219. The van der Waals surface area contributed by atoms with Gasteiger partial charge in [-0.1, -0.05) is 6.08 Å². The minimum atomic E-state index is 0. The molecule has 0 spiro atoms. The van der Waals surface area contributed by atoms with Crippen LogP contribution in [0.3, 0.4) is 0 Å². The Labute approximate surface area is 156 Å². The van der Waals surface area contributed by atoms with Gasteiger partial charge in [0.15, 0.2) is 5.96 Å². The molecule has 0 aromatic carbocycles. The first-order chi connectivity index (χ1) is 10.7. The van der Waals surface area contributed by atoms with Crippen molar-refractivity contribution >= 4 is 29.9 Å². The molecule has 0 amide bonds. The van der Waals surface area contributed by atoms with Crippen LogP contribution in [0, 0.1) is 6.92 Å². The fraction of sp³-hybridized carbons (Fsp3) is 0.588. The fourth-order valence-corrected chi connectivity index (χ4v) is 2.76. The highest BCUT2D eigenvalue weighted by atomic mass is 127. The Balaban J connectivity index is 0.00000264. The van der Waals surface area contributed by atoms with Gasteiger partial charge in [-0.05, 0) is 51.9 Å². The van der Waals surface area contributed by atoms with Gasteiger partial charge in [0.25, 0.3) is 0 Å². The average Bonchev–Trinajstić information content (AvgIpc) is 3.17. The predicted molar refractivity (Wildman–Crippen MR) is 107 cm³/mol. The molecule has 1 aromatic rings. The standard InChI is InChI=1S/C17H28N4O.HI/c1-4-10-19-17(18-5-2)20-13-15(21-11-6-7-12-21)16-9-8-14(3)22-16;/h4,8-9,15H,1,5-7,10-13H2,2-3H3,(H2,18,19,20);1H. The number of guanidine groups is 1. The van der Waals surface area contributed by atoms with Crippen molar-refractivity contribution in [3.63, 3.8) is 0 Å². The maximum absolute atomic E-state index is 5.86. The Bertz CT molecular complexity index is 495. The third-order valence-electron chi connectivity index (χ3n) is 3.85. The number of furan rings is 1. The summed E-state index contributed by atoms with van der Waals surface area (Å²) >= 11 is 0. The SMILES string of the molecule is C=CCNC(=NCC(c1ccc(C)o1)N1CCCC1)NCC.I. The highest BCUT2D eigenvalue weighted by Crippen LogP contribution is 2.26. The van der Waals surface area contributed by atoms with Crippen molar-refractivity contribution in [1.82, 2.24) is 15.5 Å². The monoisotopic (exact) mass is 432 g/mol. The number of halogens is 1. The van der Waals surface area contributed by atoms with Gasteiger partial charge in [0.1, 0.15) is 11.5 Å². The van der Waals surface area contributed by atoms with E-state index in [0.29, 0.717) is 13.1 Å². The Morgan fingerprint density at radius 3 is 2.70 bits per heavy atom. The molecule has 0 aliphatic carbocycles. The first-order valence-corrected chi connectivity index (χ1v) is 8.18. The van der Waals surface area contributed by atoms with Crippen molar-refractivity contribution in [3.05, 3.63) is 36.3 Å². The highest BCUT2D eigenvalue weighted by Gasteiger charge is 2.25. The third kappa shape index (κ3) is 6.18. The van der Waals surface area contributed by atoms with Crippen LogP contribution in [0.2, 0.25) is 0 Å². The van der Waals surface area contributed by atoms with E-state index in [9.17, 15) is 0 Å². The summed E-state index contributed by atoms with van der Waals surface area (Å²) in [6.45, 7) is 12.3. The zero-order valence-corrected chi connectivity index (χ0v) is 16.5. The van der Waals surface area contributed by atoms with Crippen LogP contribution < -0.4 is 10.6 Å². The molecule has 23 heavy (non-hydrogen) atoms. The molecule has 1 aromatic heterocycles. The topological polar surface area (TPSA) is 52.8 Å². The van der Waals surface area contributed by atoms with E-state index in [-0.39, 0.29) is 30.0 Å². The van der Waals surface area contributed by atoms with Gasteiger partial charge in [0, 0.05) is 13.1 Å². The number of likely N-dealkylation sites (tertiary alicyclic amines) is 1. The van der Waals surface area contributed by atoms with Gasteiger partial charge < -0.3 is 15.1 Å². The zero-order valence-electron chi connectivity index (χ0n) is 14.2.